The fourth-order valence-corrected chi connectivity index (χ4v) is 3.56. The van der Waals surface area contributed by atoms with Crippen molar-refractivity contribution in [2.24, 2.45) is 0 Å². The summed E-state index contributed by atoms with van der Waals surface area (Å²) in [7, 11) is 0. The zero-order valence-corrected chi connectivity index (χ0v) is 12.6. The van der Waals surface area contributed by atoms with Gasteiger partial charge in [0.15, 0.2) is 0 Å². The molecule has 92 valence electrons. The molecule has 17 heavy (non-hydrogen) atoms. The minimum Gasteiger partial charge on any atom is -0.335 e. The van der Waals surface area contributed by atoms with Gasteiger partial charge in [0.05, 0.1) is 8.45 Å². The van der Waals surface area contributed by atoms with E-state index < -0.39 is 0 Å². The molecular weight excluding hydrogens is 349 g/mol. The number of likely N-dealkylation sites (tertiary alicyclic amines) is 1. The third-order valence-electron chi connectivity index (χ3n) is 2.98. The van der Waals surface area contributed by atoms with Crippen LogP contribution >= 0.6 is 33.9 Å². The number of nitrogens with zero attached hydrogens (tertiary/aromatic N) is 1. The fraction of sp³-hybridized carbons (Fsp3) is 0.500. The zero-order valence-electron chi connectivity index (χ0n) is 9.61. The summed E-state index contributed by atoms with van der Waals surface area (Å²) in [5.74, 6) is 0.238. The van der Waals surface area contributed by atoms with Gasteiger partial charge in [-0.2, -0.15) is 0 Å². The molecule has 5 heteroatoms. The minimum atomic E-state index is 0.0768. The molecule has 1 aliphatic rings. The van der Waals surface area contributed by atoms with Gasteiger partial charge in [0.2, 0.25) is 0 Å². The van der Waals surface area contributed by atoms with Crippen LogP contribution in [0.2, 0.25) is 0 Å². The summed E-state index contributed by atoms with van der Waals surface area (Å²) >= 11 is 3.79. The van der Waals surface area contributed by atoms with Crippen molar-refractivity contribution in [2.75, 3.05) is 6.54 Å². The van der Waals surface area contributed by atoms with Crippen molar-refractivity contribution in [3.05, 3.63) is 19.9 Å². The van der Waals surface area contributed by atoms with Gasteiger partial charge in [0.1, 0.15) is 5.78 Å². The molecule has 0 N–H and O–H groups in total. The largest absolute Gasteiger partial charge is 0.335 e. The van der Waals surface area contributed by atoms with Crippen LogP contribution in [0.3, 0.4) is 0 Å². The van der Waals surface area contributed by atoms with Gasteiger partial charge in [-0.1, -0.05) is 0 Å². The number of carbonyl (C=O) groups is 2. The SMILES string of the molecule is CC(=O)CC1CCCN1C(=O)c1csc(I)c1. The molecule has 1 aromatic rings. The second kappa shape index (κ2) is 5.48. The molecule has 0 spiro atoms. The highest BCUT2D eigenvalue weighted by Gasteiger charge is 2.30. The molecule has 0 aliphatic carbocycles. The van der Waals surface area contributed by atoms with E-state index in [0.717, 1.165) is 27.8 Å². The first-order valence-electron chi connectivity index (χ1n) is 5.62. The summed E-state index contributed by atoms with van der Waals surface area (Å²) in [5, 5.41) is 1.90. The van der Waals surface area contributed by atoms with E-state index in [-0.39, 0.29) is 17.7 Å². The number of carbonyl (C=O) groups excluding carboxylic acids is 2. The Morgan fingerprint density at radius 2 is 2.35 bits per heavy atom. The van der Waals surface area contributed by atoms with Gasteiger partial charge in [-0.15, -0.1) is 11.3 Å². The predicted octanol–water partition coefficient (Wildman–Crippen LogP) is 2.94. The van der Waals surface area contributed by atoms with Crippen molar-refractivity contribution in [2.45, 2.75) is 32.2 Å². The molecule has 3 nitrogen and oxygen atoms in total. The van der Waals surface area contributed by atoms with E-state index in [1.54, 1.807) is 18.3 Å². The standard InChI is InChI=1S/C12H14INO2S/c1-8(15)5-10-3-2-4-14(10)12(16)9-6-11(13)17-7-9/h6-7,10H,2-5H2,1H3. The highest BCUT2D eigenvalue weighted by molar-refractivity contribution is 14.1. The molecule has 1 aliphatic heterocycles. The molecule has 1 saturated heterocycles. The third kappa shape index (κ3) is 3.07. The monoisotopic (exact) mass is 363 g/mol. The highest BCUT2D eigenvalue weighted by Crippen LogP contribution is 2.25. The van der Waals surface area contributed by atoms with Crippen LogP contribution in [0.1, 0.15) is 36.5 Å². The molecule has 1 aromatic heterocycles. The van der Waals surface area contributed by atoms with Crippen LogP contribution in [0, 0.1) is 2.88 Å². The number of hydrogen-bond acceptors (Lipinski definition) is 3. The quantitative estimate of drug-likeness (QED) is 0.775. The van der Waals surface area contributed by atoms with Crippen LogP contribution in [0.4, 0.5) is 0 Å². The van der Waals surface area contributed by atoms with E-state index in [1.807, 2.05) is 16.3 Å². The topological polar surface area (TPSA) is 37.4 Å². The van der Waals surface area contributed by atoms with E-state index in [2.05, 4.69) is 22.6 Å². The lowest BCUT2D eigenvalue weighted by atomic mass is 10.1. The lowest BCUT2D eigenvalue weighted by Gasteiger charge is -2.23. The normalized spacial score (nSPS) is 19.6. The van der Waals surface area contributed by atoms with E-state index in [1.165, 1.54) is 0 Å². The molecule has 0 aromatic carbocycles. The first-order valence-corrected chi connectivity index (χ1v) is 7.58. The predicted molar refractivity (Wildman–Crippen MR) is 76.4 cm³/mol. The number of ketones is 1. The molecule has 0 saturated carbocycles. The number of rotatable bonds is 3. The average molecular weight is 363 g/mol. The van der Waals surface area contributed by atoms with Crippen LogP contribution < -0.4 is 0 Å². The molecule has 1 unspecified atom stereocenters. The maximum Gasteiger partial charge on any atom is 0.254 e. The lowest BCUT2D eigenvalue weighted by molar-refractivity contribution is -0.117. The van der Waals surface area contributed by atoms with E-state index in [9.17, 15) is 9.59 Å². The molecule has 0 bridgehead atoms. The van der Waals surface area contributed by atoms with Crippen LogP contribution in [-0.2, 0) is 4.79 Å². The fourth-order valence-electron chi connectivity index (χ4n) is 2.24. The Balaban J connectivity index is 2.10. The maximum absolute atomic E-state index is 12.3. The smallest absolute Gasteiger partial charge is 0.254 e. The summed E-state index contributed by atoms with van der Waals surface area (Å²) < 4.78 is 1.12. The summed E-state index contributed by atoms with van der Waals surface area (Å²) in [4.78, 5) is 25.3. The van der Waals surface area contributed by atoms with Crippen LogP contribution in [-0.4, -0.2) is 29.2 Å². The first kappa shape index (κ1) is 13.0. The number of hydrogen-bond donors (Lipinski definition) is 0. The Hall–Kier alpha value is -0.430. The van der Waals surface area contributed by atoms with Crippen molar-refractivity contribution < 1.29 is 9.59 Å². The first-order chi connectivity index (χ1) is 8.08. The number of amides is 1. The summed E-state index contributed by atoms with van der Waals surface area (Å²) in [6.45, 7) is 2.37. The Morgan fingerprint density at radius 3 is 2.94 bits per heavy atom. The Morgan fingerprint density at radius 1 is 1.59 bits per heavy atom. The van der Waals surface area contributed by atoms with Crippen molar-refractivity contribution in [3.8, 4) is 0 Å². The van der Waals surface area contributed by atoms with E-state index in [0.29, 0.717) is 6.42 Å². The highest BCUT2D eigenvalue weighted by atomic mass is 127. The molecule has 1 amide bonds. The molecule has 1 atom stereocenters. The van der Waals surface area contributed by atoms with Crippen molar-refractivity contribution in [1.29, 1.82) is 0 Å². The Bertz CT molecular complexity index is 443. The Kier molecular flexibility index (Phi) is 4.19. The zero-order chi connectivity index (χ0) is 12.4. The van der Waals surface area contributed by atoms with Crippen LogP contribution in [0.25, 0.3) is 0 Å². The summed E-state index contributed by atoms with van der Waals surface area (Å²) in [5.41, 5.74) is 0.759. The second-order valence-corrected chi connectivity index (χ2v) is 7.15. The van der Waals surface area contributed by atoms with E-state index in [4.69, 9.17) is 0 Å². The lowest BCUT2D eigenvalue weighted by Crippen LogP contribution is -2.36. The Labute approximate surface area is 118 Å². The van der Waals surface area contributed by atoms with Gasteiger partial charge in [-0.05, 0) is 48.4 Å². The number of Topliss-reactive ketones (excluding diaryl/α,β-unsaturated/α-hetero) is 1. The summed E-state index contributed by atoms with van der Waals surface area (Å²) in [6.07, 6.45) is 2.45. The van der Waals surface area contributed by atoms with Crippen molar-refractivity contribution in [3.63, 3.8) is 0 Å². The summed E-state index contributed by atoms with van der Waals surface area (Å²) in [6, 6.07) is 2.02. The number of thiophene rings is 1. The number of halogens is 1. The van der Waals surface area contributed by atoms with Crippen LogP contribution in [0.15, 0.2) is 11.4 Å². The van der Waals surface area contributed by atoms with Gasteiger partial charge in [-0.25, -0.2) is 0 Å². The van der Waals surface area contributed by atoms with Gasteiger partial charge in [0, 0.05) is 24.4 Å². The van der Waals surface area contributed by atoms with Crippen molar-refractivity contribution in [1.82, 2.24) is 4.90 Å². The molecule has 0 radical (unpaired) electrons. The minimum absolute atomic E-state index is 0.0768. The van der Waals surface area contributed by atoms with Crippen molar-refractivity contribution >= 4 is 45.6 Å². The van der Waals surface area contributed by atoms with Gasteiger partial charge < -0.3 is 4.90 Å². The molecule has 2 rings (SSSR count). The molecule has 2 heterocycles. The molecule has 1 fully saturated rings. The van der Waals surface area contributed by atoms with Crippen LogP contribution in [0.5, 0.6) is 0 Å². The van der Waals surface area contributed by atoms with Gasteiger partial charge in [-0.3, -0.25) is 9.59 Å². The molecular formula is C12H14INO2S. The third-order valence-corrected chi connectivity index (χ3v) is 4.76. The second-order valence-electron chi connectivity index (χ2n) is 4.34. The van der Waals surface area contributed by atoms with Gasteiger partial charge in [0.25, 0.3) is 5.91 Å². The van der Waals surface area contributed by atoms with E-state index >= 15 is 0 Å². The maximum atomic E-state index is 12.3. The van der Waals surface area contributed by atoms with Gasteiger partial charge >= 0.3 is 0 Å². The average Bonchev–Trinajstić information content (AvgIpc) is 2.85.